The number of hydrogen-bond donors (Lipinski definition) is 2. The Bertz CT molecular complexity index is 575. The number of thiocarbonyl (C=S) groups is 1. The van der Waals surface area contributed by atoms with E-state index in [1.165, 1.54) is 0 Å². The minimum absolute atomic E-state index is 0.0949. The minimum Gasteiger partial charge on any atom is -0.491 e. The topological polar surface area (TPSA) is 33.3 Å². The van der Waals surface area contributed by atoms with Gasteiger partial charge in [0.2, 0.25) is 0 Å². The molecule has 2 rings (SSSR count). The van der Waals surface area contributed by atoms with E-state index in [0.29, 0.717) is 16.7 Å². The molecule has 1 atom stereocenters. The summed E-state index contributed by atoms with van der Waals surface area (Å²) in [5, 5.41) is 7.54. The first-order valence-corrected chi connectivity index (χ1v) is 7.43. The van der Waals surface area contributed by atoms with Gasteiger partial charge in [-0.2, -0.15) is 0 Å². The number of halogens is 1. The molecule has 2 aromatic carbocycles. The molecule has 0 bridgehead atoms. The van der Waals surface area contributed by atoms with Crippen LogP contribution in [0.15, 0.2) is 54.6 Å². The Kier molecular flexibility index (Phi) is 5.84. The van der Waals surface area contributed by atoms with E-state index >= 15 is 0 Å². The summed E-state index contributed by atoms with van der Waals surface area (Å²) in [6, 6.07) is 17.2. The van der Waals surface area contributed by atoms with Crippen LogP contribution in [0.2, 0.25) is 5.02 Å². The molecule has 110 valence electrons. The Hall–Kier alpha value is -1.78. The molecule has 0 fully saturated rings. The second-order valence-corrected chi connectivity index (χ2v) is 5.48. The maximum absolute atomic E-state index is 5.84. The highest BCUT2D eigenvalue weighted by atomic mass is 35.5. The Labute approximate surface area is 135 Å². The number of hydrogen-bond acceptors (Lipinski definition) is 2. The molecule has 2 aromatic rings. The van der Waals surface area contributed by atoms with Crippen LogP contribution in [0.1, 0.15) is 6.92 Å². The minimum atomic E-state index is 0.0949. The molecule has 0 saturated heterocycles. The van der Waals surface area contributed by atoms with Crippen LogP contribution in [0.5, 0.6) is 5.75 Å². The summed E-state index contributed by atoms with van der Waals surface area (Å²) in [7, 11) is 0. The highest BCUT2D eigenvalue weighted by Gasteiger charge is 2.05. The zero-order chi connectivity index (χ0) is 15.1. The predicted octanol–water partition coefficient (Wildman–Crippen LogP) is 4.09. The lowest BCUT2D eigenvalue weighted by Gasteiger charge is -2.17. The van der Waals surface area contributed by atoms with Gasteiger partial charge in [0.25, 0.3) is 0 Å². The predicted molar refractivity (Wildman–Crippen MR) is 92.2 cm³/mol. The zero-order valence-corrected chi connectivity index (χ0v) is 13.2. The highest BCUT2D eigenvalue weighted by molar-refractivity contribution is 7.80. The summed E-state index contributed by atoms with van der Waals surface area (Å²) in [4.78, 5) is 0. The van der Waals surface area contributed by atoms with Crippen molar-refractivity contribution in [2.24, 2.45) is 0 Å². The van der Waals surface area contributed by atoms with Gasteiger partial charge in [0.05, 0.1) is 6.04 Å². The maximum Gasteiger partial charge on any atom is 0.171 e. The number of para-hydroxylation sites is 1. The normalized spacial score (nSPS) is 11.5. The molecule has 0 radical (unpaired) electrons. The molecule has 3 nitrogen and oxygen atoms in total. The van der Waals surface area contributed by atoms with Gasteiger partial charge in [-0.1, -0.05) is 29.8 Å². The van der Waals surface area contributed by atoms with Gasteiger partial charge >= 0.3 is 0 Å². The molecule has 0 spiro atoms. The lowest BCUT2D eigenvalue weighted by molar-refractivity contribution is 0.287. The average molecular weight is 321 g/mol. The van der Waals surface area contributed by atoms with Crippen molar-refractivity contribution in [2.45, 2.75) is 13.0 Å². The van der Waals surface area contributed by atoms with E-state index < -0.39 is 0 Å². The van der Waals surface area contributed by atoms with Crippen molar-refractivity contribution in [1.82, 2.24) is 5.32 Å². The number of benzene rings is 2. The molecule has 0 saturated carbocycles. The molecule has 1 unspecified atom stereocenters. The SMILES string of the molecule is CC(COc1ccccc1)NC(=S)Nc1ccc(Cl)cc1. The van der Waals surface area contributed by atoms with Gasteiger partial charge in [-0.3, -0.25) is 0 Å². The van der Waals surface area contributed by atoms with Crippen LogP contribution in [0.3, 0.4) is 0 Å². The fraction of sp³-hybridized carbons (Fsp3) is 0.188. The van der Waals surface area contributed by atoms with Gasteiger partial charge in [0.1, 0.15) is 12.4 Å². The molecular formula is C16H17ClN2OS. The fourth-order valence-electron chi connectivity index (χ4n) is 1.70. The van der Waals surface area contributed by atoms with E-state index in [9.17, 15) is 0 Å². The molecule has 0 aliphatic carbocycles. The lowest BCUT2D eigenvalue weighted by atomic mass is 10.3. The van der Waals surface area contributed by atoms with Crippen molar-refractivity contribution in [1.29, 1.82) is 0 Å². The Morgan fingerprint density at radius 1 is 1.14 bits per heavy atom. The van der Waals surface area contributed by atoms with Crippen molar-refractivity contribution in [3.63, 3.8) is 0 Å². The first-order chi connectivity index (χ1) is 10.1. The first-order valence-electron chi connectivity index (χ1n) is 6.64. The van der Waals surface area contributed by atoms with Crippen molar-refractivity contribution < 1.29 is 4.74 Å². The second-order valence-electron chi connectivity index (χ2n) is 4.63. The van der Waals surface area contributed by atoms with Gasteiger partial charge in [0, 0.05) is 10.7 Å². The van der Waals surface area contributed by atoms with Crippen LogP contribution in [0.25, 0.3) is 0 Å². The highest BCUT2D eigenvalue weighted by Crippen LogP contribution is 2.13. The number of rotatable bonds is 5. The van der Waals surface area contributed by atoms with Gasteiger partial charge in [-0.15, -0.1) is 0 Å². The standard InChI is InChI=1S/C16H17ClN2OS/c1-12(11-20-15-5-3-2-4-6-15)18-16(21)19-14-9-7-13(17)8-10-14/h2-10,12H,11H2,1H3,(H2,18,19,21). The van der Waals surface area contributed by atoms with Crippen molar-refractivity contribution in [3.05, 3.63) is 59.6 Å². The molecule has 5 heteroatoms. The molecule has 0 amide bonds. The summed E-state index contributed by atoms with van der Waals surface area (Å²) in [5.41, 5.74) is 0.896. The van der Waals surface area contributed by atoms with Crippen LogP contribution in [-0.4, -0.2) is 17.8 Å². The number of anilines is 1. The molecule has 0 aliphatic rings. The van der Waals surface area contributed by atoms with E-state index in [2.05, 4.69) is 10.6 Å². The van der Waals surface area contributed by atoms with Gasteiger partial charge in [-0.05, 0) is 55.5 Å². The third-order valence-electron chi connectivity index (χ3n) is 2.72. The third-order valence-corrected chi connectivity index (χ3v) is 3.19. The van der Waals surface area contributed by atoms with Gasteiger partial charge in [0.15, 0.2) is 5.11 Å². The Morgan fingerprint density at radius 2 is 1.81 bits per heavy atom. The van der Waals surface area contributed by atoms with Crippen LogP contribution < -0.4 is 15.4 Å². The molecular weight excluding hydrogens is 304 g/mol. The largest absolute Gasteiger partial charge is 0.491 e. The van der Waals surface area contributed by atoms with Crippen molar-refractivity contribution in [2.75, 3.05) is 11.9 Å². The molecule has 2 N–H and O–H groups in total. The van der Waals surface area contributed by atoms with Crippen LogP contribution in [0, 0.1) is 0 Å². The Morgan fingerprint density at radius 3 is 2.48 bits per heavy atom. The summed E-state index contributed by atoms with van der Waals surface area (Å²) in [6.07, 6.45) is 0. The summed E-state index contributed by atoms with van der Waals surface area (Å²) in [6.45, 7) is 2.55. The van der Waals surface area contributed by atoms with E-state index in [4.69, 9.17) is 28.6 Å². The Balaban J connectivity index is 1.75. The average Bonchev–Trinajstić information content (AvgIpc) is 2.48. The van der Waals surface area contributed by atoms with Gasteiger partial charge in [-0.25, -0.2) is 0 Å². The quantitative estimate of drug-likeness (QED) is 0.813. The van der Waals surface area contributed by atoms with E-state index in [1.807, 2.05) is 61.5 Å². The van der Waals surface area contributed by atoms with Gasteiger partial charge < -0.3 is 15.4 Å². The molecule has 0 heterocycles. The van der Waals surface area contributed by atoms with Crippen molar-refractivity contribution in [3.8, 4) is 5.75 Å². The lowest BCUT2D eigenvalue weighted by Crippen LogP contribution is -2.39. The van der Waals surface area contributed by atoms with E-state index in [-0.39, 0.29) is 6.04 Å². The first kappa shape index (κ1) is 15.6. The van der Waals surface area contributed by atoms with E-state index in [0.717, 1.165) is 11.4 Å². The third kappa shape index (κ3) is 5.61. The monoisotopic (exact) mass is 320 g/mol. The number of ether oxygens (including phenoxy) is 1. The summed E-state index contributed by atoms with van der Waals surface area (Å²) >= 11 is 11.1. The molecule has 0 aliphatic heterocycles. The van der Waals surface area contributed by atoms with E-state index in [1.54, 1.807) is 0 Å². The molecule has 21 heavy (non-hydrogen) atoms. The number of nitrogens with one attached hydrogen (secondary N) is 2. The molecule has 0 aromatic heterocycles. The maximum atomic E-state index is 5.84. The van der Waals surface area contributed by atoms with Crippen LogP contribution in [-0.2, 0) is 0 Å². The smallest absolute Gasteiger partial charge is 0.171 e. The summed E-state index contributed by atoms with van der Waals surface area (Å²) in [5.74, 6) is 0.850. The second kappa shape index (κ2) is 7.86. The van der Waals surface area contributed by atoms with Crippen LogP contribution in [0.4, 0.5) is 5.69 Å². The zero-order valence-electron chi connectivity index (χ0n) is 11.7. The van der Waals surface area contributed by atoms with Crippen LogP contribution >= 0.6 is 23.8 Å². The fourth-order valence-corrected chi connectivity index (χ4v) is 2.15. The summed E-state index contributed by atoms with van der Waals surface area (Å²) < 4.78 is 5.67. The van der Waals surface area contributed by atoms with Crippen molar-refractivity contribution >= 4 is 34.6 Å².